The summed E-state index contributed by atoms with van der Waals surface area (Å²) in [5.74, 6) is 1.02. The number of benzene rings is 1. The maximum atomic E-state index is 12.7. The molecule has 190 valence electrons. The molecule has 0 bridgehead atoms. The molecule has 1 amide bonds. The Kier molecular flexibility index (Phi) is 7.66. The molecule has 0 spiro atoms. The lowest BCUT2D eigenvalue weighted by atomic mass is 9.72. The van der Waals surface area contributed by atoms with Gasteiger partial charge in [-0.25, -0.2) is 0 Å². The predicted octanol–water partition coefficient (Wildman–Crippen LogP) is 5.90. The molecule has 4 rings (SSSR count). The van der Waals surface area contributed by atoms with Gasteiger partial charge < -0.3 is 14.6 Å². The highest BCUT2D eigenvalue weighted by Crippen LogP contribution is 2.44. The molecule has 1 aromatic carbocycles. The largest absolute Gasteiger partial charge is 0.435 e. The highest BCUT2D eigenvalue weighted by Gasteiger charge is 2.32. The van der Waals surface area contributed by atoms with E-state index < -0.39 is 6.61 Å². The normalized spacial score (nSPS) is 15.4. The summed E-state index contributed by atoms with van der Waals surface area (Å²) in [4.78, 5) is 13.9. The number of fused-ring (bicyclic) bond motifs is 1. The lowest BCUT2D eigenvalue weighted by molar-refractivity contribution is -0.113. The van der Waals surface area contributed by atoms with E-state index in [2.05, 4.69) is 47.1 Å². The smallest absolute Gasteiger partial charge is 0.387 e. The average molecular weight is 532 g/mol. The van der Waals surface area contributed by atoms with Crippen LogP contribution in [-0.2, 0) is 24.7 Å². The molecule has 0 radical (unpaired) electrons. The Hall–Kier alpha value is -2.97. The lowest BCUT2D eigenvalue weighted by Crippen LogP contribution is -2.26. The van der Waals surface area contributed by atoms with Gasteiger partial charge in [0.1, 0.15) is 16.8 Å². The van der Waals surface area contributed by atoms with Gasteiger partial charge in [0.05, 0.1) is 11.3 Å². The molecular weight excluding hydrogens is 504 g/mol. The van der Waals surface area contributed by atoms with E-state index in [0.717, 1.165) is 24.8 Å². The van der Waals surface area contributed by atoms with Crippen LogP contribution in [0.5, 0.6) is 5.75 Å². The van der Waals surface area contributed by atoms with Crippen LogP contribution in [0.15, 0.2) is 29.4 Å². The second-order valence-corrected chi connectivity index (χ2v) is 11.8. The number of alkyl halides is 2. The number of carbonyl (C=O) groups is 1. The van der Waals surface area contributed by atoms with Crippen LogP contribution in [0.4, 0.5) is 13.8 Å². The Bertz CT molecular complexity index is 1290. The summed E-state index contributed by atoms with van der Waals surface area (Å²) in [5.41, 5.74) is 2.54. The minimum Gasteiger partial charge on any atom is -0.435 e. The van der Waals surface area contributed by atoms with E-state index in [-0.39, 0.29) is 22.8 Å². The van der Waals surface area contributed by atoms with Gasteiger partial charge in [-0.05, 0) is 60.4 Å². The number of thioether (sulfide) groups is 1. The molecule has 2 aromatic heterocycles. The van der Waals surface area contributed by atoms with Gasteiger partial charge in [0, 0.05) is 17.5 Å². The van der Waals surface area contributed by atoms with Crippen LogP contribution in [0.2, 0.25) is 0 Å². The number of hydrogen-bond acceptors (Lipinski definition) is 7. The number of anilines is 1. The number of carbonyl (C=O) groups excluding carboxylic acids is 1. The van der Waals surface area contributed by atoms with Crippen LogP contribution in [-0.4, -0.2) is 33.0 Å². The quantitative estimate of drug-likeness (QED) is 0.382. The molecule has 11 heteroatoms. The van der Waals surface area contributed by atoms with E-state index in [0.29, 0.717) is 33.0 Å². The molecule has 1 aliphatic rings. The van der Waals surface area contributed by atoms with Crippen molar-refractivity contribution in [2.75, 3.05) is 11.1 Å². The van der Waals surface area contributed by atoms with Crippen LogP contribution in [0.25, 0.3) is 11.4 Å². The summed E-state index contributed by atoms with van der Waals surface area (Å²) in [6.45, 7) is 3.85. The number of aromatic nitrogens is 3. The van der Waals surface area contributed by atoms with Gasteiger partial charge >= 0.3 is 6.61 Å². The molecule has 1 atom stereocenters. The fourth-order valence-corrected chi connectivity index (χ4v) is 6.31. The molecule has 0 aliphatic heterocycles. The Labute approximate surface area is 216 Å². The lowest BCUT2D eigenvalue weighted by Gasteiger charge is -2.33. The summed E-state index contributed by atoms with van der Waals surface area (Å²) in [7, 11) is 1.77. The summed E-state index contributed by atoms with van der Waals surface area (Å²) >= 11 is 2.74. The Balaban J connectivity index is 1.40. The van der Waals surface area contributed by atoms with Crippen LogP contribution < -0.4 is 10.1 Å². The molecular formula is C25H27F2N5O2S2. The Morgan fingerprint density at radius 3 is 2.69 bits per heavy atom. The minimum absolute atomic E-state index is 0.0584. The molecule has 3 aromatic rings. The van der Waals surface area contributed by atoms with E-state index in [1.807, 2.05) is 0 Å². The average Bonchev–Trinajstić information content (AvgIpc) is 3.36. The van der Waals surface area contributed by atoms with Crippen molar-refractivity contribution in [3.8, 4) is 23.2 Å². The predicted molar refractivity (Wildman–Crippen MR) is 136 cm³/mol. The number of nitriles is 1. The van der Waals surface area contributed by atoms with Crippen molar-refractivity contribution in [3.63, 3.8) is 0 Å². The zero-order chi connectivity index (χ0) is 26.0. The fourth-order valence-electron chi connectivity index (χ4n) is 4.30. The van der Waals surface area contributed by atoms with Crippen molar-refractivity contribution in [1.82, 2.24) is 14.8 Å². The first-order valence-corrected chi connectivity index (χ1v) is 13.3. The van der Waals surface area contributed by atoms with E-state index in [1.54, 1.807) is 23.7 Å². The standard InChI is InChI=1S/C25H27F2N5O2S2/c1-25(2,3)15-7-10-17-18(12-28)22(36-19(17)11-15)29-20(33)13-35-24-31-30-21(32(24)4)14-5-8-16(9-6-14)34-23(26)27/h5-6,8-9,15,23H,7,10-11,13H2,1-4H3,(H,29,33). The van der Waals surface area contributed by atoms with Crippen molar-refractivity contribution in [2.24, 2.45) is 18.4 Å². The van der Waals surface area contributed by atoms with Crippen molar-refractivity contribution in [1.29, 1.82) is 5.26 Å². The summed E-state index contributed by atoms with van der Waals surface area (Å²) < 4.78 is 30.8. The second kappa shape index (κ2) is 10.6. The van der Waals surface area contributed by atoms with Crippen molar-refractivity contribution < 1.29 is 18.3 Å². The monoisotopic (exact) mass is 531 g/mol. The van der Waals surface area contributed by atoms with E-state index in [9.17, 15) is 18.8 Å². The summed E-state index contributed by atoms with van der Waals surface area (Å²) in [5, 5.41) is 22.2. The Morgan fingerprint density at radius 2 is 2.06 bits per heavy atom. The van der Waals surface area contributed by atoms with Crippen LogP contribution in [0.3, 0.4) is 0 Å². The summed E-state index contributed by atoms with van der Waals surface area (Å²) in [6.07, 6.45) is 2.83. The zero-order valence-corrected chi connectivity index (χ0v) is 22.1. The maximum Gasteiger partial charge on any atom is 0.387 e. The summed E-state index contributed by atoms with van der Waals surface area (Å²) in [6, 6.07) is 8.41. The van der Waals surface area contributed by atoms with Crippen LogP contribution in [0, 0.1) is 22.7 Å². The number of amides is 1. The van der Waals surface area contributed by atoms with E-state index in [1.165, 1.54) is 40.1 Å². The molecule has 1 N–H and O–H groups in total. The first-order chi connectivity index (χ1) is 17.1. The van der Waals surface area contributed by atoms with Crippen molar-refractivity contribution in [3.05, 3.63) is 40.3 Å². The fraction of sp³-hybridized carbons (Fsp3) is 0.440. The van der Waals surface area contributed by atoms with Gasteiger partial charge in [-0.2, -0.15) is 14.0 Å². The number of ether oxygens (including phenoxy) is 1. The molecule has 2 heterocycles. The second-order valence-electron chi connectivity index (χ2n) is 9.73. The van der Waals surface area contributed by atoms with E-state index >= 15 is 0 Å². The molecule has 0 fully saturated rings. The minimum atomic E-state index is -2.89. The molecule has 1 aliphatic carbocycles. The third-order valence-corrected chi connectivity index (χ3v) is 8.55. The first kappa shape index (κ1) is 26.1. The number of halogens is 2. The molecule has 1 unspecified atom stereocenters. The number of rotatable bonds is 7. The molecule has 0 saturated carbocycles. The first-order valence-electron chi connectivity index (χ1n) is 11.5. The highest BCUT2D eigenvalue weighted by molar-refractivity contribution is 7.99. The number of hydrogen-bond donors (Lipinski definition) is 1. The van der Waals surface area contributed by atoms with Gasteiger partial charge in [0.15, 0.2) is 11.0 Å². The van der Waals surface area contributed by atoms with Gasteiger partial charge in [0.25, 0.3) is 0 Å². The van der Waals surface area contributed by atoms with Crippen LogP contribution in [0.1, 0.15) is 43.2 Å². The van der Waals surface area contributed by atoms with Crippen molar-refractivity contribution >= 4 is 34.0 Å². The van der Waals surface area contributed by atoms with Gasteiger partial charge in [-0.15, -0.1) is 21.5 Å². The number of thiophene rings is 1. The molecule has 36 heavy (non-hydrogen) atoms. The number of nitrogens with one attached hydrogen (secondary N) is 1. The van der Waals surface area contributed by atoms with Crippen LogP contribution >= 0.6 is 23.1 Å². The van der Waals surface area contributed by atoms with Gasteiger partial charge in [-0.1, -0.05) is 32.5 Å². The number of nitrogens with zero attached hydrogens (tertiary/aromatic N) is 4. The SMILES string of the molecule is Cn1c(SCC(=O)Nc2sc3c(c2C#N)CCC(C(C)(C)C)C3)nnc1-c1ccc(OC(F)F)cc1. The highest BCUT2D eigenvalue weighted by atomic mass is 32.2. The molecule has 7 nitrogen and oxygen atoms in total. The zero-order valence-electron chi connectivity index (χ0n) is 20.5. The maximum absolute atomic E-state index is 12.7. The third-order valence-electron chi connectivity index (χ3n) is 6.36. The molecule has 0 saturated heterocycles. The van der Waals surface area contributed by atoms with Crippen molar-refractivity contribution in [2.45, 2.75) is 51.8 Å². The van der Waals surface area contributed by atoms with Gasteiger partial charge in [0.2, 0.25) is 5.91 Å². The Morgan fingerprint density at radius 1 is 1.33 bits per heavy atom. The third kappa shape index (κ3) is 5.71. The van der Waals surface area contributed by atoms with E-state index in [4.69, 9.17) is 0 Å². The van der Waals surface area contributed by atoms with Gasteiger partial charge in [-0.3, -0.25) is 4.79 Å². The topological polar surface area (TPSA) is 92.8 Å².